The van der Waals surface area contributed by atoms with E-state index >= 15 is 0 Å². The zero-order chi connectivity index (χ0) is 13.0. The summed E-state index contributed by atoms with van der Waals surface area (Å²) in [6.07, 6.45) is 3.81. The van der Waals surface area contributed by atoms with Gasteiger partial charge in [-0.2, -0.15) is 0 Å². The monoisotopic (exact) mass is 246 g/mol. The maximum atomic E-state index is 12.5. The molecule has 1 aliphatic carbocycles. The van der Waals surface area contributed by atoms with Gasteiger partial charge in [-0.1, -0.05) is 43.2 Å². The number of hydrogen-bond donors (Lipinski definition) is 1. The smallest absolute Gasteiger partial charge is 0.242 e. The minimum Gasteiger partial charge on any atom is -0.337 e. The summed E-state index contributed by atoms with van der Waals surface area (Å²) in [6, 6.07) is 10.1. The van der Waals surface area contributed by atoms with Gasteiger partial charge in [0.05, 0.1) is 5.54 Å². The molecule has 0 unspecified atom stereocenters. The van der Waals surface area contributed by atoms with Crippen LogP contribution in [0.2, 0.25) is 0 Å². The highest BCUT2D eigenvalue weighted by molar-refractivity contribution is 5.86. The fourth-order valence-electron chi connectivity index (χ4n) is 2.67. The van der Waals surface area contributed by atoms with Crippen molar-refractivity contribution in [3.63, 3.8) is 0 Å². The molecule has 1 aromatic rings. The average molecular weight is 246 g/mol. The number of carbonyl (C=O) groups is 1. The fraction of sp³-hybridized carbons (Fsp3) is 0.533. The normalized spacial score (nSPS) is 17.7. The third-order valence-corrected chi connectivity index (χ3v) is 3.81. The molecule has 0 heterocycles. The molecule has 0 bridgehead atoms. The summed E-state index contributed by atoms with van der Waals surface area (Å²) in [5.41, 5.74) is 6.80. The zero-order valence-corrected chi connectivity index (χ0v) is 11.1. The summed E-state index contributed by atoms with van der Waals surface area (Å²) in [5, 5.41) is 0. The van der Waals surface area contributed by atoms with Crippen molar-refractivity contribution in [3.05, 3.63) is 35.9 Å². The van der Waals surface area contributed by atoms with Crippen LogP contribution in [0.5, 0.6) is 0 Å². The quantitative estimate of drug-likeness (QED) is 0.886. The molecule has 0 aliphatic heterocycles. The summed E-state index contributed by atoms with van der Waals surface area (Å²) in [6.45, 7) is 3.39. The van der Waals surface area contributed by atoms with Crippen molar-refractivity contribution < 1.29 is 4.79 Å². The van der Waals surface area contributed by atoms with Gasteiger partial charge in [0.25, 0.3) is 0 Å². The average Bonchev–Trinajstić information content (AvgIpc) is 2.84. The van der Waals surface area contributed by atoms with Gasteiger partial charge in [-0.3, -0.25) is 4.79 Å². The van der Waals surface area contributed by atoms with Crippen LogP contribution in [0.25, 0.3) is 0 Å². The van der Waals surface area contributed by atoms with Crippen LogP contribution in [-0.4, -0.2) is 22.9 Å². The lowest BCUT2D eigenvalue weighted by atomic mass is 9.97. The first kappa shape index (κ1) is 13.1. The minimum atomic E-state index is -0.606. The van der Waals surface area contributed by atoms with E-state index in [4.69, 9.17) is 5.73 Å². The Morgan fingerprint density at radius 1 is 1.28 bits per heavy atom. The number of hydrogen-bond acceptors (Lipinski definition) is 2. The Morgan fingerprint density at radius 2 is 1.89 bits per heavy atom. The standard InChI is InChI=1S/C15H22N2O/c1-2-17(12-13-8-4-3-5-9-13)14(18)15(16)10-6-7-11-15/h3-5,8-9H,2,6-7,10-12,16H2,1H3. The summed E-state index contributed by atoms with van der Waals surface area (Å²) in [4.78, 5) is 14.4. The maximum Gasteiger partial charge on any atom is 0.242 e. The van der Waals surface area contributed by atoms with E-state index in [1.807, 2.05) is 42.2 Å². The number of nitrogens with two attached hydrogens (primary N) is 1. The van der Waals surface area contributed by atoms with Gasteiger partial charge < -0.3 is 10.6 Å². The lowest BCUT2D eigenvalue weighted by Crippen LogP contribution is -2.53. The lowest BCUT2D eigenvalue weighted by Gasteiger charge is -2.30. The van der Waals surface area contributed by atoms with Crippen LogP contribution in [-0.2, 0) is 11.3 Å². The number of nitrogens with zero attached hydrogens (tertiary/aromatic N) is 1. The van der Waals surface area contributed by atoms with Crippen molar-refractivity contribution in [1.29, 1.82) is 0 Å². The highest BCUT2D eigenvalue weighted by atomic mass is 16.2. The number of likely N-dealkylation sites (N-methyl/N-ethyl adjacent to an activating group) is 1. The van der Waals surface area contributed by atoms with E-state index in [1.165, 1.54) is 0 Å². The molecular formula is C15H22N2O. The molecule has 0 spiro atoms. The molecular weight excluding hydrogens is 224 g/mol. The predicted octanol–water partition coefficient (Wildman–Crippen LogP) is 2.31. The van der Waals surface area contributed by atoms with Crippen LogP contribution < -0.4 is 5.73 Å². The molecule has 1 fully saturated rings. The fourth-order valence-corrected chi connectivity index (χ4v) is 2.67. The molecule has 2 rings (SSSR count). The number of rotatable bonds is 4. The molecule has 2 N–H and O–H groups in total. The first-order valence-corrected chi connectivity index (χ1v) is 6.78. The van der Waals surface area contributed by atoms with Gasteiger partial charge >= 0.3 is 0 Å². The first-order chi connectivity index (χ1) is 8.65. The summed E-state index contributed by atoms with van der Waals surface area (Å²) < 4.78 is 0. The second kappa shape index (κ2) is 5.53. The van der Waals surface area contributed by atoms with Crippen molar-refractivity contribution in [2.75, 3.05) is 6.54 Å². The Labute approximate surface area is 109 Å². The molecule has 0 atom stereocenters. The molecule has 1 saturated carbocycles. The molecule has 18 heavy (non-hydrogen) atoms. The van der Waals surface area contributed by atoms with Gasteiger partial charge in [0, 0.05) is 13.1 Å². The number of benzene rings is 1. The van der Waals surface area contributed by atoms with Crippen LogP contribution in [0, 0.1) is 0 Å². The van der Waals surface area contributed by atoms with Crippen LogP contribution in [0.3, 0.4) is 0 Å². The van der Waals surface area contributed by atoms with E-state index < -0.39 is 5.54 Å². The number of amides is 1. The van der Waals surface area contributed by atoms with Crippen LogP contribution in [0.15, 0.2) is 30.3 Å². The molecule has 0 saturated heterocycles. The van der Waals surface area contributed by atoms with Gasteiger partial charge in [0.15, 0.2) is 0 Å². The molecule has 0 radical (unpaired) electrons. The Bertz CT molecular complexity index is 396. The van der Waals surface area contributed by atoms with Crippen molar-refractivity contribution in [2.24, 2.45) is 5.73 Å². The van der Waals surface area contributed by atoms with Crippen molar-refractivity contribution in [1.82, 2.24) is 4.90 Å². The van der Waals surface area contributed by atoms with Crippen molar-refractivity contribution >= 4 is 5.91 Å². The highest BCUT2D eigenvalue weighted by Gasteiger charge is 2.39. The zero-order valence-electron chi connectivity index (χ0n) is 11.1. The van der Waals surface area contributed by atoms with Crippen molar-refractivity contribution in [3.8, 4) is 0 Å². The first-order valence-electron chi connectivity index (χ1n) is 6.78. The topological polar surface area (TPSA) is 46.3 Å². The van der Waals surface area contributed by atoms with E-state index in [9.17, 15) is 4.79 Å². The van der Waals surface area contributed by atoms with E-state index in [1.54, 1.807) is 0 Å². The SMILES string of the molecule is CCN(Cc1ccccc1)C(=O)C1(N)CCCC1. The van der Waals surface area contributed by atoms with E-state index in [2.05, 4.69) is 0 Å². The summed E-state index contributed by atoms with van der Waals surface area (Å²) >= 11 is 0. The molecule has 1 aromatic carbocycles. The summed E-state index contributed by atoms with van der Waals surface area (Å²) in [7, 11) is 0. The van der Waals surface area contributed by atoms with Crippen LogP contribution in [0.4, 0.5) is 0 Å². The third-order valence-electron chi connectivity index (χ3n) is 3.81. The summed E-state index contributed by atoms with van der Waals surface area (Å²) in [5.74, 6) is 0.117. The van der Waals surface area contributed by atoms with Crippen LogP contribution >= 0.6 is 0 Å². The molecule has 3 nitrogen and oxygen atoms in total. The van der Waals surface area contributed by atoms with Gasteiger partial charge in [0.1, 0.15) is 0 Å². The Kier molecular flexibility index (Phi) is 4.02. The van der Waals surface area contributed by atoms with Gasteiger partial charge in [-0.05, 0) is 25.3 Å². The molecule has 1 amide bonds. The molecule has 98 valence electrons. The van der Waals surface area contributed by atoms with Crippen molar-refractivity contribution in [2.45, 2.75) is 44.7 Å². The third kappa shape index (κ3) is 2.72. The highest BCUT2D eigenvalue weighted by Crippen LogP contribution is 2.29. The van der Waals surface area contributed by atoms with Gasteiger partial charge in [0.2, 0.25) is 5.91 Å². The van der Waals surface area contributed by atoms with Gasteiger partial charge in [-0.15, -0.1) is 0 Å². The second-order valence-electron chi connectivity index (χ2n) is 5.17. The Balaban J connectivity index is 2.07. The van der Waals surface area contributed by atoms with Crippen LogP contribution in [0.1, 0.15) is 38.2 Å². The largest absolute Gasteiger partial charge is 0.337 e. The molecule has 3 heteroatoms. The Morgan fingerprint density at radius 3 is 2.44 bits per heavy atom. The van der Waals surface area contributed by atoms with E-state index in [0.29, 0.717) is 13.1 Å². The lowest BCUT2D eigenvalue weighted by molar-refractivity contribution is -0.137. The van der Waals surface area contributed by atoms with E-state index in [0.717, 1.165) is 31.2 Å². The Hall–Kier alpha value is -1.35. The molecule has 1 aliphatic rings. The molecule has 0 aromatic heterocycles. The second-order valence-corrected chi connectivity index (χ2v) is 5.17. The van der Waals surface area contributed by atoms with E-state index in [-0.39, 0.29) is 5.91 Å². The van der Waals surface area contributed by atoms with Gasteiger partial charge in [-0.25, -0.2) is 0 Å². The predicted molar refractivity (Wildman–Crippen MR) is 72.9 cm³/mol. The number of carbonyl (C=O) groups excluding carboxylic acids is 1. The minimum absolute atomic E-state index is 0.117. The maximum absolute atomic E-state index is 12.5.